The van der Waals surface area contributed by atoms with Crippen LogP contribution in [0.2, 0.25) is 0 Å². The predicted octanol–water partition coefficient (Wildman–Crippen LogP) is 25.7. The van der Waals surface area contributed by atoms with Gasteiger partial charge in [0.25, 0.3) is 0 Å². The fourth-order valence-corrected chi connectivity index (χ4v) is 11.3. The van der Waals surface area contributed by atoms with E-state index >= 15 is 0 Å². The van der Waals surface area contributed by atoms with Crippen LogP contribution in [0.3, 0.4) is 0 Å². The Balaban J connectivity index is 4.01. The molecule has 0 heterocycles. The van der Waals surface area contributed by atoms with Gasteiger partial charge in [-0.25, -0.2) is 0 Å². The Hall–Kier alpha value is -2.63. The van der Waals surface area contributed by atoms with Gasteiger partial charge in [-0.05, 0) is 57.8 Å². The fraction of sp³-hybridized carbons (Fsp3) is 0.857. The average Bonchev–Trinajstić information content (AvgIpc) is 3.49. The second-order valence-corrected chi connectivity index (χ2v) is 25.2. The van der Waals surface area contributed by atoms with Crippen molar-refractivity contribution in [2.24, 2.45) is 0 Å². The Morgan fingerprint density at radius 3 is 0.735 bits per heavy atom. The van der Waals surface area contributed by atoms with E-state index < -0.39 is 6.10 Å². The third kappa shape index (κ3) is 70.0. The largest absolute Gasteiger partial charge is 0.462 e. The number of unbranched alkanes of at least 4 members (excludes halogenated alkanes) is 50. The van der Waals surface area contributed by atoms with E-state index in [0.717, 1.165) is 89.9 Å². The number of carbonyl (C=O) groups is 3. The first-order valence-corrected chi connectivity index (χ1v) is 37.1. The predicted molar refractivity (Wildman–Crippen MR) is 362 cm³/mol. The number of ether oxygens (including phenoxy) is 3. The van der Waals surface area contributed by atoms with E-state index in [1.54, 1.807) is 0 Å². The van der Waals surface area contributed by atoms with Crippen LogP contribution in [-0.2, 0) is 28.6 Å². The maximum atomic E-state index is 12.9. The van der Waals surface area contributed by atoms with Gasteiger partial charge < -0.3 is 14.2 Å². The standard InChI is InChI=1S/C77H142O6/c1-4-7-10-13-16-19-21-23-25-27-29-31-32-33-34-35-36-37-38-39-40-41-42-43-44-46-47-49-51-53-55-58-61-64-67-70-76(79)82-73-74(72-81-75(78)69-66-63-60-57-18-15-12-9-6-3)83-77(80)71-68-65-62-59-56-54-52-50-48-45-30-28-26-24-22-20-17-14-11-8-5-2/h8,11,17,20,24,26,30,45,74H,4-7,9-10,12-16,18-19,21-23,25,27-29,31-44,46-73H2,1-3H3/b11-8-,20-17-,26-24-,45-30-. The molecule has 1 atom stereocenters. The highest BCUT2D eigenvalue weighted by Crippen LogP contribution is 2.19. The SMILES string of the molecule is CC/C=C\C/C=C\C/C=C\C/C=C\CCCCCCCCCCC(=O)OC(COC(=O)CCCCCCCCCCC)COC(=O)CCCCCCCCCCCCCCCCCCCCCCCCCCCCCCCCCCCCC. The molecule has 486 valence electrons. The molecule has 0 radical (unpaired) electrons. The highest BCUT2D eigenvalue weighted by atomic mass is 16.6. The van der Waals surface area contributed by atoms with Crippen LogP contribution in [0.15, 0.2) is 48.6 Å². The van der Waals surface area contributed by atoms with Gasteiger partial charge in [-0.1, -0.05) is 378 Å². The average molecular weight is 1160 g/mol. The van der Waals surface area contributed by atoms with E-state index in [2.05, 4.69) is 69.4 Å². The zero-order valence-electron chi connectivity index (χ0n) is 56.0. The molecule has 0 aromatic rings. The van der Waals surface area contributed by atoms with Gasteiger partial charge in [-0.3, -0.25) is 14.4 Å². The molecule has 0 aliphatic heterocycles. The summed E-state index contributed by atoms with van der Waals surface area (Å²) in [6.07, 6.45) is 91.9. The highest BCUT2D eigenvalue weighted by Gasteiger charge is 2.20. The number of esters is 3. The van der Waals surface area contributed by atoms with Crippen molar-refractivity contribution >= 4 is 17.9 Å². The molecule has 0 bridgehead atoms. The molecule has 0 aromatic carbocycles. The first-order valence-electron chi connectivity index (χ1n) is 37.1. The van der Waals surface area contributed by atoms with Crippen LogP contribution in [0, 0.1) is 0 Å². The lowest BCUT2D eigenvalue weighted by Crippen LogP contribution is -2.30. The Morgan fingerprint density at radius 1 is 0.253 bits per heavy atom. The van der Waals surface area contributed by atoms with Crippen molar-refractivity contribution in [1.82, 2.24) is 0 Å². The lowest BCUT2D eigenvalue weighted by Gasteiger charge is -2.18. The van der Waals surface area contributed by atoms with E-state index in [4.69, 9.17) is 14.2 Å². The maximum absolute atomic E-state index is 12.9. The van der Waals surface area contributed by atoms with Gasteiger partial charge in [0.05, 0.1) is 0 Å². The highest BCUT2D eigenvalue weighted by molar-refractivity contribution is 5.71. The van der Waals surface area contributed by atoms with Gasteiger partial charge in [-0.2, -0.15) is 0 Å². The van der Waals surface area contributed by atoms with Crippen molar-refractivity contribution in [2.75, 3.05) is 13.2 Å². The van der Waals surface area contributed by atoms with E-state index in [1.807, 2.05) is 0 Å². The quantitative estimate of drug-likeness (QED) is 0.0261. The molecule has 0 saturated carbocycles. The zero-order valence-corrected chi connectivity index (χ0v) is 56.0. The van der Waals surface area contributed by atoms with Crippen molar-refractivity contribution in [1.29, 1.82) is 0 Å². The number of allylic oxidation sites excluding steroid dienone is 8. The number of hydrogen-bond acceptors (Lipinski definition) is 6. The van der Waals surface area contributed by atoms with Crippen molar-refractivity contribution in [3.63, 3.8) is 0 Å². The van der Waals surface area contributed by atoms with Gasteiger partial charge in [0.1, 0.15) is 13.2 Å². The molecule has 0 spiro atoms. The summed E-state index contributed by atoms with van der Waals surface area (Å²) in [6, 6.07) is 0. The summed E-state index contributed by atoms with van der Waals surface area (Å²) in [5.74, 6) is -0.858. The minimum Gasteiger partial charge on any atom is -0.462 e. The van der Waals surface area contributed by atoms with Crippen molar-refractivity contribution in [2.45, 2.75) is 412 Å². The van der Waals surface area contributed by atoms with Gasteiger partial charge in [0.15, 0.2) is 6.10 Å². The Bertz CT molecular complexity index is 1430. The molecule has 0 aromatic heterocycles. The summed E-state index contributed by atoms with van der Waals surface area (Å²) in [6.45, 7) is 6.57. The van der Waals surface area contributed by atoms with E-state index in [9.17, 15) is 14.4 Å². The van der Waals surface area contributed by atoms with Crippen molar-refractivity contribution in [3.8, 4) is 0 Å². The number of hydrogen-bond donors (Lipinski definition) is 0. The second kappa shape index (κ2) is 71.8. The number of carbonyl (C=O) groups excluding carboxylic acids is 3. The van der Waals surface area contributed by atoms with Gasteiger partial charge in [-0.15, -0.1) is 0 Å². The summed E-state index contributed by atoms with van der Waals surface area (Å²) in [4.78, 5) is 38.3. The van der Waals surface area contributed by atoms with Crippen LogP contribution >= 0.6 is 0 Å². The van der Waals surface area contributed by atoms with E-state index in [1.165, 1.54) is 276 Å². The Kier molecular flexibility index (Phi) is 69.6. The van der Waals surface area contributed by atoms with Gasteiger partial charge in [0, 0.05) is 19.3 Å². The Morgan fingerprint density at radius 2 is 0.470 bits per heavy atom. The molecule has 0 rings (SSSR count). The van der Waals surface area contributed by atoms with Crippen LogP contribution in [0.25, 0.3) is 0 Å². The van der Waals surface area contributed by atoms with Gasteiger partial charge >= 0.3 is 17.9 Å². The molecule has 83 heavy (non-hydrogen) atoms. The third-order valence-electron chi connectivity index (χ3n) is 16.8. The molecular weight excluding hydrogens is 1020 g/mol. The molecule has 0 amide bonds. The molecule has 0 N–H and O–H groups in total. The molecule has 1 unspecified atom stereocenters. The maximum Gasteiger partial charge on any atom is 0.306 e. The molecule has 6 heteroatoms. The van der Waals surface area contributed by atoms with Crippen LogP contribution in [0.1, 0.15) is 406 Å². The molecule has 0 fully saturated rings. The summed E-state index contributed by atoms with van der Waals surface area (Å²) < 4.78 is 16.9. The minimum atomic E-state index is -0.775. The first-order chi connectivity index (χ1) is 41.0. The summed E-state index contributed by atoms with van der Waals surface area (Å²) in [5.41, 5.74) is 0. The van der Waals surface area contributed by atoms with Crippen LogP contribution in [-0.4, -0.2) is 37.2 Å². The monoisotopic (exact) mass is 1160 g/mol. The van der Waals surface area contributed by atoms with Gasteiger partial charge in [0.2, 0.25) is 0 Å². The zero-order chi connectivity index (χ0) is 59.9. The lowest BCUT2D eigenvalue weighted by atomic mass is 10.0. The van der Waals surface area contributed by atoms with E-state index in [0.29, 0.717) is 19.3 Å². The minimum absolute atomic E-state index is 0.0716. The second-order valence-electron chi connectivity index (χ2n) is 25.2. The summed E-state index contributed by atoms with van der Waals surface area (Å²) >= 11 is 0. The fourth-order valence-electron chi connectivity index (χ4n) is 11.3. The summed E-state index contributed by atoms with van der Waals surface area (Å²) in [5, 5.41) is 0. The van der Waals surface area contributed by atoms with Crippen molar-refractivity contribution in [3.05, 3.63) is 48.6 Å². The Labute approximate surface area is 518 Å². The smallest absolute Gasteiger partial charge is 0.306 e. The topological polar surface area (TPSA) is 78.9 Å². The molecule has 0 aliphatic rings. The molecule has 0 aliphatic carbocycles. The lowest BCUT2D eigenvalue weighted by molar-refractivity contribution is -0.167. The molecule has 0 saturated heterocycles. The third-order valence-corrected chi connectivity index (χ3v) is 16.8. The molecular formula is C77H142O6. The normalized spacial score (nSPS) is 12.3. The van der Waals surface area contributed by atoms with E-state index in [-0.39, 0.29) is 31.1 Å². The van der Waals surface area contributed by atoms with Crippen LogP contribution in [0.4, 0.5) is 0 Å². The first kappa shape index (κ1) is 80.4. The van der Waals surface area contributed by atoms with Crippen molar-refractivity contribution < 1.29 is 28.6 Å². The number of rotatable bonds is 69. The molecule has 6 nitrogen and oxygen atoms in total. The van der Waals surface area contributed by atoms with Crippen LogP contribution < -0.4 is 0 Å². The summed E-state index contributed by atoms with van der Waals surface area (Å²) in [7, 11) is 0. The van der Waals surface area contributed by atoms with Crippen LogP contribution in [0.5, 0.6) is 0 Å².